The van der Waals surface area contributed by atoms with Crippen molar-refractivity contribution >= 4 is 16.5 Å². The molecule has 0 radical (unpaired) electrons. The van der Waals surface area contributed by atoms with Gasteiger partial charge in [-0.3, -0.25) is 4.68 Å². The van der Waals surface area contributed by atoms with Crippen molar-refractivity contribution < 1.29 is 0 Å². The number of rotatable bonds is 3. The Morgan fingerprint density at radius 3 is 2.80 bits per heavy atom. The van der Waals surface area contributed by atoms with Gasteiger partial charge in [-0.15, -0.1) is 11.3 Å². The molecule has 0 spiro atoms. The van der Waals surface area contributed by atoms with E-state index in [0.717, 1.165) is 23.1 Å². The third kappa shape index (κ3) is 2.36. The molecular formula is C10H14N4S. The first-order chi connectivity index (χ1) is 7.15. The third-order valence-corrected chi connectivity index (χ3v) is 3.08. The predicted molar refractivity (Wildman–Crippen MR) is 62.1 cm³/mol. The molecule has 0 aliphatic heterocycles. The van der Waals surface area contributed by atoms with E-state index < -0.39 is 0 Å². The molecular weight excluding hydrogens is 208 g/mol. The van der Waals surface area contributed by atoms with E-state index in [4.69, 9.17) is 0 Å². The zero-order chi connectivity index (χ0) is 10.8. The number of anilines is 1. The first-order valence-corrected chi connectivity index (χ1v) is 5.68. The monoisotopic (exact) mass is 222 g/mol. The van der Waals surface area contributed by atoms with Crippen LogP contribution in [-0.4, -0.2) is 14.8 Å². The number of thiazole rings is 1. The van der Waals surface area contributed by atoms with Gasteiger partial charge in [0.25, 0.3) is 0 Å². The zero-order valence-electron chi connectivity index (χ0n) is 9.11. The fraction of sp³-hybridized carbons (Fsp3) is 0.400. The smallest absolute Gasteiger partial charge is 0.183 e. The van der Waals surface area contributed by atoms with Crippen LogP contribution in [0.4, 0.5) is 5.13 Å². The summed E-state index contributed by atoms with van der Waals surface area (Å²) < 4.78 is 1.83. The highest BCUT2D eigenvalue weighted by Gasteiger charge is 2.03. The van der Waals surface area contributed by atoms with Crippen LogP contribution in [0.25, 0.3) is 0 Å². The van der Waals surface area contributed by atoms with Gasteiger partial charge in [-0.2, -0.15) is 5.10 Å². The second-order valence-electron chi connectivity index (χ2n) is 3.56. The highest BCUT2D eigenvalue weighted by Crippen LogP contribution is 2.16. The van der Waals surface area contributed by atoms with Gasteiger partial charge >= 0.3 is 0 Å². The van der Waals surface area contributed by atoms with Gasteiger partial charge < -0.3 is 5.32 Å². The Morgan fingerprint density at radius 2 is 2.27 bits per heavy atom. The summed E-state index contributed by atoms with van der Waals surface area (Å²) >= 11 is 1.63. The molecule has 0 saturated carbocycles. The Balaban J connectivity index is 2.01. The second kappa shape index (κ2) is 4.02. The van der Waals surface area contributed by atoms with E-state index in [1.807, 2.05) is 37.2 Å². The van der Waals surface area contributed by atoms with E-state index in [-0.39, 0.29) is 0 Å². The topological polar surface area (TPSA) is 42.7 Å². The molecule has 0 aliphatic rings. The SMILES string of the molecule is Cc1csc(NCc2cn(C)nc2C)n1. The largest absolute Gasteiger partial charge is 0.357 e. The van der Waals surface area contributed by atoms with Crippen LogP contribution in [0.3, 0.4) is 0 Å². The number of nitrogens with zero attached hydrogens (tertiary/aromatic N) is 3. The van der Waals surface area contributed by atoms with Crippen LogP contribution in [0.1, 0.15) is 17.0 Å². The van der Waals surface area contributed by atoms with Crippen molar-refractivity contribution in [2.24, 2.45) is 7.05 Å². The lowest BCUT2D eigenvalue weighted by molar-refractivity contribution is 0.756. The van der Waals surface area contributed by atoms with Crippen molar-refractivity contribution in [1.82, 2.24) is 14.8 Å². The molecule has 0 atom stereocenters. The van der Waals surface area contributed by atoms with Crippen molar-refractivity contribution in [1.29, 1.82) is 0 Å². The molecule has 2 heterocycles. The molecule has 0 amide bonds. The van der Waals surface area contributed by atoms with Gasteiger partial charge in [0.05, 0.1) is 11.4 Å². The van der Waals surface area contributed by atoms with Gasteiger partial charge in [0.15, 0.2) is 5.13 Å². The highest BCUT2D eigenvalue weighted by atomic mass is 32.1. The summed E-state index contributed by atoms with van der Waals surface area (Å²) in [6.45, 7) is 4.80. The van der Waals surface area contributed by atoms with Gasteiger partial charge in [-0.25, -0.2) is 4.98 Å². The van der Waals surface area contributed by atoms with E-state index >= 15 is 0 Å². The molecule has 80 valence electrons. The first kappa shape index (κ1) is 10.2. The summed E-state index contributed by atoms with van der Waals surface area (Å²) in [4.78, 5) is 4.34. The maximum absolute atomic E-state index is 4.34. The number of aryl methyl sites for hydroxylation is 3. The fourth-order valence-corrected chi connectivity index (χ4v) is 2.12. The molecule has 2 aromatic rings. The van der Waals surface area contributed by atoms with Gasteiger partial charge in [0.1, 0.15) is 0 Å². The van der Waals surface area contributed by atoms with Gasteiger partial charge in [0, 0.05) is 30.7 Å². The maximum Gasteiger partial charge on any atom is 0.183 e. The minimum Gasteiger partial charge on any atom is -0.357 e. The Bertz CT molecular complexity index is 458. The van der Waals surface area contributed by atoms with Crippen molar-refractivity contribution in [2.75, 3.05) is 5.32 Å². The average molecular weight is 222 g/mol. The summed E-state index contributed by atoms with van der Waals surface area (Å²) in [5, 5.41) is 10.6. The van der Waals surface area contributed by atoms with Crippen LogP contribution in [0, 0.1) is 13.8 Å². The van der Waals surface area contributed by atoms with E-state index in [1.165, 1.54) is 5.56 Å². The Hall–Kier alpha value is -1.36. The molecule has 5 heteroatoms. The Labute approximate surface area is 93.0 Å². The lowest BCUT2D eigenvalue weighted by Crippen LogP contribution is -1.99. The lowest BCUT2D eigenvalue weighted by Gasteiger charge is -1.99. The lowest BCUT2D eigenvalue weighted by atomic mass is 10.3. The fourth-order valence-electron chi connectivity index (χ4n) is 1.43. The number of aromatic nitrogens is 3. The molecule has 0 fully saturated rings. The van der Waals surface area contributed by atoms with Gasteiger partial charge in [-0.05, 0) is 13.8 Å². The molecule has 0 bridgehead atoms. The zero-order valence-corrected chi connectivity index (χ0v) is 9.93. The molecule has 2 rings (SSSR count). The molecule has 0 saturated heterocycles. The second-order valence-corrected chi connectivity index (χ2v) is 4.42. The predicted octanol–water partition coefficient (Wildman–Crippen LogP) is 2.11. The number of hydrogen-bond donors (Lipinski definition) is 1. The normalized spacial score (nSPS) is 10.6. The van der Waals surface area contributed by atoms with E-state index in [0.29, 0.717) is 0 Å². The standard InChI is InChI=1S/C10H14N4S/c1-7-6-15-10(12-7)11-4-9-5-14(3)13-8(9)2/h5-6H,4H2,1-3H3,(H,11,12). The van der Waals surface area contributed by atoms with Crippen molar-refractivity contribution in [2.45, 2.75) is 20.4 Å². The first-order valence-electron chi connectivity index (χ1n) is 4.80. The van der Waals surface area contributed by atoms with Crippen LogP contribution >= 0.6 is 11.3 Å². The van der Waals surface area contributed by atoms with Crippen LogP contribution in [0.15, 0.2) is 11.6 Å². The highest BCUT2D eigenvalue weighted by molar-refractivity contribution is 7.13. The summed E-state index contributed by atoms with van der Waals surface area (Å²) in [5.41, 5.74) is 3.34. The Morgan fingerprint density at radius 1 is 1.47 bits per heavy atom. The molecule has 2 aromatic heterocycles. The van der Waals surface area contributed by atoms with Crippen molar-refractivity contribution in [3.8, 4) is 0 Å². The van der Waals surface area contributed by atoms with Crippen LogP contribution in [0.5, 0.6) is 0 Å². The third-order valence-electron chi connectivity index (χ3n) is 2.16. The quantitative estimate of drug-likeness (QED) is 0.865. The van der Waals surface area contributed by atoms with E-state index in [1.54, 1.807) is 11.3 Å². The summed E-state index contributed by atoms with van der Waals surface area (Å²) in [7, 11) is 1.93. The molecule has 0 unspecified atom stereocenters. The van der Waals surface area contributed by atoms with Crippen molar-refractivity contribution in [3.05, 3.63) is 28.5 Å². The van der Waals surface area contributed by atoms with Crippen LogP contribution in [0.2, 0.25) is 0 Å². The minimum absolute atomic E-state index is 0.784. The molecule has 0 aliphatic carbocycles. The number of nitrogens with one attached hydrogen (secondary N) is 1. The van der Waals surface area contributed by atoms with E-state index in [9.17, 15) is 0 Å². The summed E-state index contributed by atoms with van der Waals surface area (Å²) in [6, 6.07) is 0. The summed E-state index contributed by atoms with van der Waals surface area (Å²) in [6.07, 6.45) is 2.03. The number of hydrogen-bond acceptors (Lipinski definition) is 4. The maximum atomic E-state index is 4.34. The Kier molecular flexibility index (Phi) is 2.73. The van der Waals surface area contributed by atoms with Crippen LogP contribution in [-0.2, 0) is 13.6 Å². The summed E-state index contributed by atoms with van der Waals surface area (Å²) in [5.74, 6) is 0. The molecule has 1 N–H and O–H groups in total. The van der Waals surface area contributed by atoms with Gasteiger partial charge in [-0.1, -0.05) is 0 Å². The average Bonchev–Trinajstić information content (AvgIpc) is 2.70. The van der Waals surface area contributed by atoms with E-state index in [2.05, 4.69) is 15.4 Å². The van der Waals surface area contributed by atoms with Gasteiger partial charge in [0.2, 0.25) is 0 Å². The molecule has 4 nitrogen and oxygen atoms in total. The minimum atomic E-state index is 0.784. The van der Waals surface area contributed by atoms with Crippen molar-refractivity contribution in [3.63, 3.8) is 0 Å². The molecule has 15 heavy (non-hydrogen) atoms. The molecule has 0 aromatic carbocycles. The van der Waals surface area contributed by atoms with Crippen LogP contribution < -0.4 is 5.32 Å².